The number of ether oxygens (including phenoxy) is 1. The van der Waals surface area contributed by atoms with Crippen molar-refractivity contribution in [3.05, 3.63) is 53.5 Å². The fourth-order valence-electron chi connectivity index (χ4n) is 3.01. The molecule has 0 unspecified atom stereocenters. The smallest absolute Gasteiger partial charge is 0.216 e. The zero-order chi connectivity index (χ0) is 16.1. The maximum atomic E-state index is 6.06. The van der Waals surface area contributed by atoms with Crippen molar-refractivity contribution < 1.29 is 4.74 Å². The quantitative estimate of drug-likeness (QED) is 0.850. The third-order valence-electron chi connectivity index (χ3n) is 4.40. The molecule has 1 saturated heterocycles. The van der Waals surface area contributed by atoms with Crippen molar-refractivity contribution in [3.63, 3.8) is 0 Å². The van der Waals surface area contributed by atoms with Gasteiger partial charge < -0.3 is 9.64 Å². The highest BCUT2D eigenvalue weighted by Gasteiger charge is 2.21. The Labute approximate surface area is 138 Å². The summed E-state index contributed by atoms with van der Waals surface area (Å²) in [5, 5.41) is 0. The highest BCUT2D eigenvalue weighted by Crippen LogP contribution is 2.20. The standard InChI is InChI=1S/C19H25N3O/c1-15-5-4-11-20-19(15)23-18-9-13-22(14-10-18)12-8-17-7-3-6-16(2)21-17/h3-7,11,18H,8-10,12-14H2,1-2H3. The number of aromatic nitrogens is 2. The predicted octanol–water partition coefficient (Wildman–Crippen LogP) is 3.18. The SMILES string of the molecule is Cc1cccc(CCN2CCC(Oc3ncccc3C)CC2)n1. The molecule has 4 heteroatoms. The maximum absolute atomic E-state index is 6.06. The fourth-order valence-corrected chi connectivity index (χ4v) is 3.01. The second-order valence-electron chi connectivity index (χ2n) is 6.30. The Bertz CT molecular complexity index is 636. The lowest BCUT2D eigenvalue weighted by Crippen LogP contribution is -2.39. The van der Waals surface area contributed by atoms with E-state index in [2.05, 4.69) is 27.0 Å². The van der Waals surface area contributed by atoms with Crippen molar-refractivity contribution in [3.8, 4) is 5.88 Å². The first kappa shape index (κ1) is 15.9. The lowest BCUT2D eigenvalue weighted by Gasteiger charge is -2.32. The molecule has 0 saturated carbocycles. The number of hydrogen-bond acceptors (Lipinski definition) is 4. The molecule has 2 aromatic heterocycles. The molecule has 4 nitrogen and oxygen atoms in total. The Kier molecular flexibility index (Phi) is 5.23. The normalized spacial score (nSPS) is 16.4. The van der Waals surface area contributed by atoms with Gasteiger partial charge in [-0.1, -0.05) is 12.1 Å². The molecule has 0 bridgehead atoms. The molecule has 1 fully saturated rings. The third kappa shape index (κ3) is 4.52. The van der Waals surface area contributed by atoms with Crippen molar-refractivity contribution >= 4 is 0 Å². The molecule has 1 aliphatic rings. The van der Waals surface area contributed by atoms with E-state index in [1.54, 1.807) is 6.20 Å². The summed E-state index contributed by atoms with van der Waals surface area (Å²) in [6.45, 7) is 7.34. The molecule has 0 aromatic carbocycles. The average molecular weight is 311 g/mol. The molecule has 0 amide bonds. The van der Waals surface area contributed by atoms with E-state index in [0.717, 1.165) is 56.0 Å². The van der Waals surface area contributed by atoms with Crippen LogP contribution in [0.3, 0.4) is 0 Å². The Morgan fingerprint density at radius 3 is 2.70 bits per heavy atom. The van der Waals surface area contributed by atoms with Gasteiger partial charge in [0.05, 0.1) is 0 Å². The molecular weight excluding hydrogens is 286 g/mol. The van der Waals surface area contributed by atoms with Crippen LogP contribution in [0.2, 0.25) is 0 Å². The minimum atomic E-state index is 0.289. The molecule has 0 radical (unpaired) electrons. The molecule has 2 aromatic rings. The Balaban J connectivity index is 1.44. The number of likely N-dealkylation sites (tertiary alicyclic amines) is 1. The van der Waals surface area contributed by atoms with E-state index < -0.39 is 0 Å². The molecule has 3 rings (SSSR count). The number of rotatable bonds is 5. The molecular formula is C19H25N3O. The Morgan fingerprint density at radius 2 is 1.96 bits per heavy atom. The van der Waals surface area contributed by atoms with Crippen LogP contribution in [0.4, 0.5) is 0 Å². The minimum absolute atomic E-state index is 0.289. The van der Waals surface area contributed by atoms with Crippen molar-refractivity contribution in [1.82, 2.24) is 14.9 Å². The highest BCUT2D eigenvalue weighted by molar-refractivity contribution is 5.23. The van der Waals surface area contributed by atoms with Gasteiger partial charge in [-0.2, -0.15) is 0 Å². The summed E-state index contributed by atoms with van der Waals surface area (Å²) < 4.78 is 6.06. The van der Waals surface area contributed by atoms with Crippen LogP contribution in [0, 0.1) is 13.8 Å². The first-order chi connectivity index (χ1) is 11.2. The van der Waals surface area contributed by atoms with Gasteiger partial charge in [-0.15, -0.1) is 0 Å². The molecule has 3 heterocycles. The molecule has 122 valence electrons. The first-order valence-corrected chi connectivity index (χ1v) is 8.44. The van der Waals surface area contributed by atoms with Gasteiger partial charge >= 0.3 is 0 Å². The number of aryl methyl sites for hydroxylation is 2. The van der Waals surface area contributed by atoms with Crippen molar-refractivity contribution in [2.24, 2.45) is 0 Å². The zero-order valence-electron chi connectivity index (χ0n) is 14.0. The van der Waals surface area contributed by atoms with Crippen LogP contribution in [-0.4, -0.2) is 40.6 Å². The highest BCUT2D eigenvalue weighted by atomic mass is 16.5. The summed E-state index contributed by atoms with van der Waals surface area (Å²) in [7, 11) is 0. The van der Waals surface area contributed by atoms with Gasteiger partial charge in [-0.05, 0) is 44.9 Å². The number of hydrogen-bond donors (Lipinski definition) is 0. The van der Waals surface area contributed by atoms with Crippen LogP contribution in [0.5, 0.6) is 5.88 Å². The van der Waals surface area contributed by atoms with Gasteiger partial charge in [0.25, 0.3) is 0 Å². The number of nitrogens with zero attached hydrogens (tertiary/aromatic N) is 3. The van der Waals surface area contributed by atoms with Crippen LogP contribution >= 0.6 is 0 Å². The lowest BCUT2D eigenvalue weighted by molar-refractivity contribution is 0.0967. The topological polar surface area (TPSA) is 38.2 Å². The summed E-state index contributed by atoms with van der Waals surface area (Å²) in [4.78, 5) is 11.4. The second-order valence-corrected chi connectivity index (χ2v) is 6.30. The molecule has 0 N–H and O–H groups in total. The van der Waals surface area contributed by atoms with Gasteiger partial charge in [0.1, 0.15) is 6.10 Å². The van der Waals surface area contributed by atoms with Crippen LogP contribution in [-0.2, 0) is 6.42 Å². The third-order valence-corrected chi connectivity index (χ3v) is 4.40. The summed E-state index contributed by atoms with van der Waals surface area (Å²) in [6, 6.07) is 10.3. The zero-order valence-corrected chi connectivity index (χ0v) is 14.0. The lowest BCUT2D eigenvalue weighted by atomic mass is 10.1. The summed E-state index contributed by atoms with van der Waals surface area (Å²) in [6.07, 6.45) is 5.24. The molecule has 0 spiro atoms. The van der Waals surface area contributed by atoms with E-state index in [0.29, 0.717) is 0 Å². The first-order valence-electron chi connectivity index (χ1n) is 8.44. The Morgan fingerprint density at radius 1 is 1.13 bits per heavy atom. The largest absolute Gasteiger partial charge is 0.474 e. The van der Waals surface area contributed by atoms with Crippen molar-refractivity contribution in [2.75, 3.05) is 19.6 Å². The van der Waals surface area contributed by atoms with Gasteiger partial charge in [0, 0.05) is 49.2 Å². The average Bonchev–Trinajstić information content (AvgIpc) is 2.56. The van der Waals surface area contributed by atoms with E-state index in [4.69, 9.17) is 4.74 Å². The Hall–Kier alpha value is -1.94. The molecule has 0 atom stereocenters. The molecule has 1 aliphatic heterocycles. The van der Waals surface area contributed by atoms with Crippen LogP contribution in [0.25, 0.3) is 0 Å². The van der Waals surface area contributed by atoms with Crippen LogP contribution < -0.4 is 4.74 Å². The second kappa shape index (κ2) is 7.55. The number of piperidine rings is 1. The van der Waals surface area contributed by atoms with Crippen LogP contribution in [0.15, 0.2) is 36.5 Å². The van der Waals surface area contributed by atoms with Gasteiger partial charge in [0.2, 0.25) is 5.88 Å². The monoisotopic (exact) mass is 311 g/mol. The van der Waals surface area contributed by atoms with Crippen molar-refractivity contribution in [1.29, 1.82) is 0 Å². The minimum Gasteiger partial charge on any atom is -0.474 e. The van der Waals surface area contributed by atoms with Gasteiger partial charge in [-0.25, -0.2) is 4.98 Å². The summed E-state index contributed by atoms with van der Waals surface area (Å²) in [5.41, 5.74) is 3.40. The van der Waals surface area contributed by atoms with Gasteiger partial charge in [0.15, 0.2) is 0 Å². The van der Waals surface area contributed by atoms with Gasteiger partial charge in [-0.3, -0.25) is 4.98 Å². The van der Waals surface area contributed by atoms with E-state index >= 15 is 0 Å². The van der Waals surface area contributed by atoms with E-state index in [-0.39, 0.29) is 6.10 Å². The summed E-state index contributed by atoms with van der Waals surface area (Å²) >= 11 is 0. The summed E-state index contributed by atoms with van der Waals surface area (Å²) in [5.74, 6) is 0.787. The van der Waals surface area contributed by atoms with E-state index in [9.17, 15) is 0 Å². The molecule has 0 aliphatic carbocycles. The van der Waals surface area contributed by atoms with Crippen LogP contribution in [0.1, 0.15) is 29.8 Å². The van der Waals surface area contributed by atoms with E-state index in [1.165, 1.54) is 5.69 Å². The maximum Gasteiger partial charge on any atom is 0.216 e. The number of pyridine rings is 2. The van der Waals surface area contributed by atoms with E-state index in [1.807, 2.05) is 32.0 Å². The molecule has 23 heavy (non-hydrogen) atoms. The van der Waals surface area contributed by atoms with Crippen molar-refractivity contribution in [2.45, 2.75) is 39.2 Å². The fraction of sp³-hybridized carbons (Fsp3) is 0.474. The predicted molar refractivity (Wildman–Crippen MR) is 91.7 cm³/mol.